The lowest BCUT2D eigenvalue weighted by Gasteiger charge is -2.32. The normalized spacial score (nSPS) is 22.4. The van der Waals surface area contributed by atoms with Crippen molar-refractivity contribution in [2.24, 2.45) is 0 Å². The summed E-state index contributed by atoms with van der Waals surface area (Å²) in [7, 11) is 2.18. The molecule has 3 heterocycles. The van der Waals surface area contributed by atoms with Gasteiger partial charge in [-0.3, -0.25) is 4.79 Å². The van der Waals surface area contributed by atoms with Gasteiger partial charge in [0.2, 0.25) is 0 Å². The van der Waals surface area contributed by atoms with E-state index in [2.05, 4.69) is 27.1 Å². The summed E-state index contributed by atoms with van der Waals surface area (Å²) in [5.41, 5.74) is 0.631. The van der Waals surface area contributed by atoms with E-state index < -0.39 is 0 Å². The number of aromatic nitrogens is 1. The van der Waals surface area contributed by atoms with Crippen LogP contribution in [0.4, 0.5) is 5.82 Å². The number of likely N-dealkylation sites (tertiary alicyclic amines) is 1. The van der Waals surface area contributed by atoms with Gasteiger partial charge in [0.1, 0.15) is 5.82 Å². The number of pyridine rings is 1. The molecule has 0 radical (unpaired) electrons. The molecule has 3 rings (SSSR count). The van der Waals surface area contributed by atoms with Crippen LogP contribution in [0.15, 0.2) is 18.3 Å². The highest BCUT2D eigenvalue weighted by molar-refractivity contribution is 5.94. The summed E-state index contributed by atoms with van der Waals surface area (Å²) in [6, 6.07) is 4.41. The van der Waals surface area contributed by atoms with Crippen molar-refractivity contribution in [3.63, 3.8) is 0 Å². The lowest BCUT2D eigenvalue weighted by Crippen LogP contribution is -2.39. The second kappa shape index (κ2) is 9.15. The third kappa shape index (κ3) is 5.16. The fourth-order valence-corrected chi connectivity index (χ4v) is 3.65. The molecule has 2 aliphatic heterocycles. The monoisotopic (exact) mass is 346 g/mol. The van der Waals surface area contributed by atoms with E-state index in [9.17, 15) is 4.79 Å². The third-order valence-electron chi connectivity index (χ3n) is 5.24. The van der Waals surface area contributed by atoms with Crippen LogP contribution in [0.5, 0.6) is 0 Å². The Morgan fingerprint density at radius 2 is 2.16 bits per heavy atom. The molecular formula is C19H30N4O2. The molecule has 0 spiro atoms. The van der Waals surface area contributed by atoms with Crippen molar-refractivity contribution < 1.29 is 9.53 Å². The molecule has 0 saturated carbocycles. The fourth-order valence-electron chi connectivity index (χ4n) is 3.65. The van der Waals surface area contributed by atoms with E-state index in [1.165, 1.54) is 25.8 Å². The minimum Gasteiger partial charge on any atom is -0.380 e. The Kier molecular flexibility index (Phi) is 6.64. The molecule has 2 saturated heterocycles. The van der Waals surface area contributed by atoms with Gasteiger partial charge in [0.25, 0.3) is 5.91 Å². The predicted molar refractivity (Wildman–Crippen MR) is 99.1 cm³/mol. The average Bonchev–Trinajstić information content (AvgIpc) is 2.93. The van der Waals surface area contributed by atoms with Crippen LogP contribution in [0.2, 0.25) is 0 Å². The smallest absolute Gasteiger partial charge is 0.252 e. The van der Waals surface area contributed by atoms with E-state index in [0.717, 1.165) is 51.5 Å². The largest absolute Gasteiger partial charge is 0.380 e. The number of carbonyl (C=O) groups excluding carboxylic acids is 1. The average molecular weight is 346 g/mol. The molecule has 138 valence electrons. The first-order valence-electron chi connectivity index (χ1n) is 9.51. The molecule has 1 atom stereocenters. The lowest BCUT2D eigenvalue weighted by molar-refractivity contribution is 0.0945. The predicted octanol–water partition coefficient (Wildman–Crippen LogP) is 1.91. The third-order valence-corrected chi connectivity index (χ3v) is 5.24. The van der Waals surface area contributed by atoms with Crippen molar-refractivity contribution in [2.45, 2.75) is 38.1 Å². The van der Waals surface area contributed by atoms with Gasteiger partial charge in [0.05, 0.1) is 12.2 Å². The van der Waals surface area contributed by atoms with E-state index in [1.54, 1.807) is 6.20 Å². The molecule has 0 aromatic carbocycles. The molecule has 1 N–H and O–H groups in total. The molecule has 0 aliphatic carbocycles. The Labute approximate surface area is 150 Å². The number of nitrogens with zero attached hydrogens (tertiary/aromatic N) is 3. The lowest BCUT2D eigenvalue weighted by atomic mass is 10.0. The van der Waals surface area contributed by atoms with Crippen molar-refractivity contribution in [3.05, 3.63) is 23.9 Å². The van der Waals surface area contributed by atoms with Crippen molar-refractivity contribution >= 4 is 11.7 Å². The number of ether oxygens (including phenoxy) is 1. The van der Waals surface area contributed by atoms with Crippen molar-refractivity contribution in [2.75, 3.05) is 51.3 Å². The molecule has 1 aromatic heterocycles. The van der Waals surface area contributed by atoms with Gasteiger partial charge < -0.3 is 19.9 Å². The van der Waals surface area contributed by atoms with Gasteiger partial charge in [-0.05, 0) is 51.4 Å². The van der Waals surface area contributed by atoms with Gasteiger partial charge >= 0.3 is 0 Å². The molecule has 1 aromatic rings. The summed E-state index contributed by atoms with van der Waals surface area (Å²) in [5.74, 6) is 0.891. The van der Waals surface area contributed by atoms with Crippen molar-refractivity contribution in [1.29, 1.82) is 0 Å². The van der Waals surface area contributed by atoms with Crippen LogP contribution >= 0.6 is 0 Å². The van der Waals surface area contributed by atoms with Crippen LogP contribution in [0.3, 0.4) is 0 Å². The van der Waals surface area contributed by atoms with Gasteiger partial charge in [0, 0.05) is 38.5 Å². The van der Waals surface area contributed by atoms with E-state index >= 15 is 0 Å². The standard InChI is InChI=1S/C19H30N4O2/c1-22-10-3-2-5-17(22)8-9-20-19(24)16-6-7-18(21-15-16)23-11-4-13-25-14-12-23/h6-7,15,17H,2-5,8-14H2,1H3,(H,20,24)/t17-/m1/s1. The van der Waals surface area contributed by atoms with Gasteiger partial charge in [-0.25, -0.2) is 4.98 Å². The van der Waals surface area contributed by atoms with Crippen LogP contribution in [0, 0.1) is 0 Å². The maximum absolute atomic E-state index is 12.3. The summed E-state index contributed by atoms with van der Waals surface area (Å²) < 4.78 is 5.47. The molecule has 0 bridgehead atoms. The maximum atomic E-state index is 12.3. The number of rotatable bonds is 5. The summed E-state index contributed by atoms with van der Waals surface area (Å²) in [5, 5.41) is 3.04. The van der Waals surface area contributed by atoms with Crippen LogP contribution in [-0.2, 0) is 4.74 Å². The number of hydrogen-bond donors (Lipinski definition) is 1. The van der Waals surface area contributed by atoms with Crippen LogP contribution in [0.25, 0.3) is 0 Å². The first kappa shape index (κ1) is 18.1. The Hall–Kier alpha value is -1.66. The molecule has 6 heteroatoms. The Balaban J connectivity index is 1.47. The summed E-state index contributed by atoms with van der Waals surface area (Å²) in [6.45, 7) is 5.25. The highest BCUT2D eigenvalue weighted by Crippen LogP contribution is 2.17. The minimum atomic E-state index is -0.0308. The van der Waals surface area contributed by atoms with Crippen LogP contribution in [0.1, 0.15) is 42.5 Å². The molecule has 2 fully saturated rings. The Morgan fingerprint density at radius 1 is 1.24 bits per heavy atom. The number of carbonyl (C=O) groups is 1. The van der Waals surface area contributed by atoms with E-state index in [-0.39, 0.29) is 5.91 Å². The van der Waals surface area contributed by atoms with E-state index in [1.807, 2.05) is 12.1 Å². The van der Waals surface area contributed by atoms with Gasteiger partial charge in [0.15, 0.2) is 0 Å². The Morgan fingerprint density at radius 3 is 2.96 bits per heavy atom. The molecular weight excluding hydrogens is 316 g/mol. The second-order valence-electron chi connectivity index (χ2n) is 7.03. The van der Waals surface area contributed by atoms with E-state index in [4.69, 9.17) is 4.74 Å². The highest BCUT2D eigenvalue weighted by Gasteiger charge is 2.18. The maximum Gasteiger partial charge on any atom is 0.252 e. The first-order valence-corrected chi connectivity index (χ1v) is 9.51. The Bertz CT molecular complexity index is 541. The molecule has 6 nitrogen and oxygen atoms in total. The summed E-state index contributed by atoms with van der Waals surface area (Å²) >= 11 is 0. The topological polar surface area (TPSA) is 57.7 Å². The number of nitrogens with one attached hydrogen (secondary N) is 1. The fraction of sp³-hybridized carbons (Fsp3) is 0.684. The number of amides is 1. The molecule has 1 amide bonds. The van der Waals surface area contributed by atoms with Crippen LogP contribution < -0.4 is 10.2 Å². The van der Waals surface area contributed by atoms with Gasteiger partial charge in [-0.15, -0.1) is 0 Å². The molecule has 2 aliphatic rings. The molecule has 25 heavy (non-hydrogen) atoms. The number of anilines is 1. The second-order valence-corrected chi connectivity index (χ2v) is 7.03. The van der Waals surface area contributed by atoms with E-state index in [0.29, 0.717) is 11.6 Å². The van der Waals surface area contributed by atoms with Crippen molar-refractivity contribution in [1.82, 2.24) is 15.2 Å². The number of piperidine rings is 1. The zero-order valence-electron chi connectivity index (χ0n) is 15.2. The minimum absolute atomic E-state index is 0.0308. The first-order chi connectivity index (χ1) is 12.2. The quantitative estimate of drug-likeness (QED) is 0.883. The SMILES string of the molecule is CN1CCCC[C@@H]1CCNC(=O)c1ccc(N2CCCOCC2)nc1. The van der Waals surface area contributed by atoms with Crippen LogP contribution in [-0.4, -0.2) is 68.3 Å². The summed E-state index contributed by atoms with van der Waals surface area (Å²) in [4.78, 5) is 21.4. The highest BCUT2D eigenvalue weighted by atomic mass is 16.5. The summed E-state index contributed by atoms with van der Waals surface area (Å²) in [6.07, 6.45) is 7.54. The van der Waals surface area contributed by atoms with Gasteiger partial charge in [-0.1, -0.05) is 6.42 Å². The van der Waals surface area contributed by atoms with Gasteiger partial charge in [-0.2, -0.15) is 0 Å². The zero-order valence-corrected chi connectivity index (χ0v) is 15.2. The zero-order chi connectivity index (χ0) is 17.5. The molecule has 0 unspecified atom stereocenters. The number of hydrogen-bond acceptors (Lipinski definition) is 5. The van der Waals surface area contributed by atoms with Crippen molar-refractivity contribution in [3.8, 4) is 0 Å².